The quantitative estimate of drug-likeness (QED) is 0.190. The van der Waals surface area contributed by atoms with Crippen LogP contribution in [0.2, 0.25) is 0 Å². The predicted octanol–water partition coefficient (Wildman–Crippen LogP) is -13.4. The van der Waals surface area contributed by atoms with Crippen molar-refractivity contribution in [1.29, 1.82) is 0 Å². The van der Waals surface area contributed by atoms with Crippen LogP contribution in [0, 0.1) is 0 Å². The van der Waals surface area contributed by atoms with Crippen molar-refractivity contribution < 1.29 is 203 Å². The van der Waals surface area contributed by atoms with E-state index in [1.807, 2.05) is 0 Å². The molecule has 0 spiro atoms. The molecule has 4 atom stereocenters. The van der Waals surface area contributed by atoms with E-state index in [1.165, 1.54) is 0 Å². The summed E-state index contributed by atoms with van der Waals surface area (Å²) in [4.78, 5) is 31.3. The molecule has 14 heteroatoms. The number of carbonyl (C=O) groups excluding carboxylic acids is 1. The molecule has 1 aliphatic rings. The third-order valence-electron chi connectivity index (χ3n) is 2.25. The second kappa shape index (κ2) is 14.0. The van der Waals surface area contributed by atoms with Gasteiger partial charge in [0.25, 0.3) is 0 Å². The Morgan fingerprint density at radius 1 is 1.27 bits per heavy atom. The van der Waals surface area contributed by atoms with Crippen LogP contribution in [0.1, 0.15) is 0 Å². The molecule has 1 rings (SSSR count). The molecule has 1 fully saturated rings. The molecule has 1 heterocycles. The average molecular weight is 414 g/mol. The molecule has 0 aromatic carbocycles. The Balaban J connectivity index is -0.00000120. The third-order valence-corrected chi connectivity index (χ3v) is 2.67. The van der Waals surface area contributed by atoms with Crippen LogP contribution in [0.4, 0.5) is 0 Å². The number of methoxy groups -OCH3 is 1. The van der Waals surface area contributed by atoms with Crippen LogP contribution in [0.25, 0.3) is 0 Å². The molecule has 1 unspecified atom stereocenters. The summed E-state index contributed by atoms with van der Waals surface area (Å²) < 4.78 is 23.5. The molecule has 1 saturated heterocycles. The molecular formula is C8H10K3O10P. The predicted molar refractivity (Wildman–Crippen MR) is 49.5 cm³/mol. The summed E-state index contributed by atoms with van der Waals surface area (Å²) in [6.45, 7) is 0. The summed E-state index contributed by atoms with van der Waals surface area (Å²) in [5, 5.41) is 29.2. The Labute approximate surface area is 253 Å². The molecule has 0 aliphatic carbocycles. The van der Waals surface area contributed by atoms with Gasteiger partial charge in [0.2, 0.25) is 0 Å². The molecule has 110 valence electrons. The van der Waals surface area contributed by atoms with Crippen molar-refractivity contribution in [3.8, 4) is 0 Å². The minimum atomic E-state index is -5.60. The molecule has 0 aromatic heterocycles. The van der Waals surface area contributed by atoms with E-state index >= 15 is 0 Å². The van der Waals surface area contributed by atoms with Gasteiger partial charge in [-0.1, -0.05) is 0 Å². The zero-order valence-electron chi connectivity index (χ0n) is 12.5. The van der Waals surface area contributed by atoms with E-state index in [0.29, 0.717) is 6.08 Å². The minimum Gasteiger partial charge on any atom is -0.780 e. The second-order valence-corrected chi connectivity index (χ2v) is 4.62. The maximum absolute atomic E-state index is 10.6. The Hall–Kier alpha value is 3.91. The van der Waals surface area contributed by atoms with Gasteiger partial charge in [0.15, 0.2) is 6.29 Å². The molecule has 10 nitrogen and oxygen atoms in total. The first-order valence-electron chi connectivity index (χ1n) is 4.85. The fraction of sp³-hybridized carbons (Fsp3) is 0.625. The molecule has 2 N–H and O–H groups in total. The van der Waals surface area contributed by atoms with E-state index in [4.69, 9.17) is 9.47 Å². The normalized spacial score (nSPS) is 28.0. The van der Waals surface area contributed by atoms with Crippen LogP contribution in [-0.4, -0.2) is 47.9 Å². The Bertz CT molecular complexity index is 426. The van der Waals surface area contributed by atoms with E-state index in [1.54, 1.807) is 0 Å². The largest absolute Gasteiger partial charge is 1.00 e. The summed E-state index contributed by atoms with van der Waals surface area (Å²) in [5.41, 5.74) is 0. The van der Waals surface area contributed by atoms with Gasteiger partial charge in [0.1, 0.15) is 37.9 Å². The van der Waals surface area contributed by atoms with Crippen molar-refractivity contribution in [1.82, 2.24) is 0 Å². The van der Waals surface area contributed by atoms with Crippen molar-refractivity contribution in [2.45, 2.75) is 24.6 Å². The topological polar surface area (TPSA) is 171 Å². The van der Waals surface area contributed by atoms with Gasteiger partial charge in [-0.25, -0.2) is 0 Å². The SMILES string of the molecule is CO[C@H]1[C@@H](/C=C(/OP(=O)([O-])[O-])C(=O)[O-])OC(O)[C@@H]1O.[K+].[K+].[K+]. The summed E-state index contributed by atoms with van der Waals surface area (Å²) in [6, 6.07) is 0. The number of aliphatic hydroxyl groups excluding tert-OH is 2. The van der Waals surface area contributed by atoms with Gasteiger partial charge < -0.3 is 48.5 Å². The number of carbonyl (C=O) groups is 1. The number of phosphoric ester groups is 1. The van der Waals surface area contributed by atoms with Crippen molar-refractivity contribution in [3.05, 3.63) is 11.8 Å². The molecule has 0 amide bonds. The number of ether oxygens (including phenoxy) is 2. The summed E-state index contributed by atoms with van der Waals surface area (Å²) in [5.74, 6) is -3.40. The van der Waals surface area contributed by atoms with Gasteiger partial charge in [-0.05, 0) is 6.08 Å². The average Bonchev–Trinajstić information content (AvgIpc) is 2.51. The molecule has 0 aromatic rings. The zero-order valence-corrected chi connectivity index (χ0v) is 22.8. The summed E-state index contributed by atoms with van der Waals surface area (Å²) in [6.07, 6.45) is -5.12. The van der Waals surface area contributed by atoms with Crippen LogP contribution in [0.3, 0.4) is 0 Å². The van der Waals surface area contributed by atoms with Crippen LogP contribution in [-0.2, 0) is 23.4 Å². The van der Waals surface area contributed by atoms with Gasteiger partial charge >= 0.3 is 154 Å². The third kappa shape index (κ3) is 10.3. The van der Waals surface area contributed by atoms with Gasteiger partial charge in [-0.15, -0.1) is 0 Å². The van der Waals surface area contributed by atoms with Crippen LogP contribution >= 0.6 is 7.82 Å². The molecule has 0 radical (unpaired) electrons. The van der Waals surface area contributed by atoms with Crippen molar-refractivity contribution in [2.24, 2.45) is 0 Å². The maximum Gasteiger partial charge on any atom is 1.00 e. The minimum absolute atomic E-state index is 0. The van der Waals surface area contributed by atoms with Crippen molar-refractivity contribution in [3.63, 3.8) is 0 Å². The van der Waals surface area contributed by atoms with Gasteiger partial charge in [0.05, 0.1) is 0 Å². The van der Waals surface area contributed by atoms with E-state index < -0.39 is 44.2 Å². The second-order valence-electron chi connectivity index (χ2n) is 3.54. The first kappa shape index (κ1) is 30.6. The smallest absolute Gasteiger partial charge is 0.780 e. The first-order chi connectivity index (χ1) is 8.65. The molecule has 0 bridgehead atoms. The van der Waals surface area contributed by atoms with E-state index in [0.717, 1.165) is 7.11 Å². The molecule has 22 heavy (non-hydrogen) atoms. The molecular weight excluding hydrogens is 404 g/mol. The Morgan fingerprint density at radius 2 is 1.77 bits per heavy atom. The molecule has 1 aliphatic heterocycles. The van der Waals surface area contributed by atoms with E-state index in [2.05, 4.69) is 4.52 Å². The fourth-order valence-electron chi connectivity index (χ4n) is 1.49. The summed E-state index contributed by atoms with van der Waals surface area (Å²) >= 11 is 0. The van der Waals surface area contributed by atoms with E-state index in [-0.39, 0.29) is 154 Å². The number of aliphatic hydroxyl groups is 2. The summed E-state index contributed by atoms with van der Waals surface area (Å²) in [7, 11) is -4.46. The van der Waals surface area contributed by atoms with Gasteiger partial charge in [-0.3, -0.25) is 0 Å². The van der Waals surface area contributed by atoms with E-state index in [9.17, 15) is 34.5 Å². The Morgan fingerprint density at radius 3 is 2.14 bits per heavy atom. The number of carboxylic acids is 1. The number of aliphatic carboxylic acids is 1. The van der Waals surface area contributed by atoms with Crippen LogP contribution in [0.5, 0.6) is 0 Å². The van der Waals surface area contributed by atoms with Crippen molar-refractivity contribution in [2.75, 3.05) is 7.11 Å². The fourth-order valence-corrected chi connectivity index (χ4v) is 1.86. The van der Waals surface area contributed by atoms with Crippen LogP contribution in [0.15, 0.2) is 11.8 Å². The number of rotatable bonds is 5. The van der Waals surface area contributed by atoms with Gasteiger partial charge in [0, 0.05) is 7.11 Å². The van der Waals surface area contributed by atoms with Gasteiger partial charge in [-0.2, -0.15) is 0 Å². The number of phosphoric acid groups is 1. The van der Waals surface area contributed by atoms with Crippen LogP contribution < -0.4 is 169 Å². The van der Waals surface area contributed by atoms with Crippen molar-refractivity contribution >= 4 is 13.8 Å². The first-order valence-corrected chi connectivity index (χ1v) is 6.31. The standard InChI is InChI=1S/C8H13O10P.3K/c1-16-6-3(17-8(12)5(6)9)2-4(7(10)11)18-19(13,14)15;;;/h2-3,5-6,8-9,12H,1H3,(H,10,11)(H2,13,14,15);;;/q;3*+1/p-3/b4-2+;;;/t3-,5-,6+,8?;;;/m1.../s1. The maximum atomic E-state index is 10.6. The number of hydrogen-bond acceptors (Lipinski definition) is 10. The monoisotopic (exact) mass is 414 g/mol. The number of hydrogen-bond donors (Lipinski definition) is 2. The Kier molecular flexibility index (Phi) is 19.5. The zero-order chi connectivity index (χ0) is 14.8. The number of carboxylic acid groups (broad SMARTS) is 1. The molecule has 0 saturated carbocycles.